The Morgan fingerprint density at radius 2 is 0.933 bits per heavy atom. The van der Waals surface area contributed by atoms with Gasteiger partial charge in [0.1, 0.15) is 60.1 Å². The number of thioether (sulfide) groups is 2. The summed E-state index contributed by atoms with van der Waals surface area (Å²) in [6.07, 6.45) is 0.439. The van der Waals surface area contributed by atoms with Crippen LogP contribution in [0.15, 0.2) is 36.4 Å². The van der Waals surface area contributed by atoms with Gasteiger partial charge in [-0.2, -0.15) is 10.5 Å². The molecule has 4 saturated heterocycles. The Morgan fingerprint density at radius 1 is 0.526 bits per heavy atom. The van der Waals surface area contributed by atoms with Crippen LogP contribution in [0.3, 0.4) is 0 Å². The molecule has 37 nitrogen and oxygen atoms in total. The molecule has 2 unspecified atom stereocenters. The van der Waals surface area contributed by atoms with Gasteiger partial charge in [0.05, 0.1) is 75.2 Å². The van der Waals surface area contributed by atoms with E-state index in [1.807, 2.05) is 53.9 Å². The smallest absolute Gasteiger partial charge is 0.408 e. The van der Waals surface area contributed by atoms with Crippen LogP contribution in [0.25, 0.3) is 0 Å². The first-order chi connectivity index (χ1) is 64.0. The number of likely N-dealkylation sites (N-methyl/N-ethyl adjacent to an activating group) is 2. The standard InChI is InChI=1S/C48H55N5O13S.C40H42N4O10S.C8H15NO4/c1-21-13-26-14-28-29(17-49)53-30-18-61-45(57)48(27-16-31(59-9)32(15-25(27)11-12-50-48)65-44(56)23(3)51-46(58)66-47(5,6)7)19-67-43(37(53)36(52(28)8)33(26)38(55)39(21)60-10)35-34(30)42-41(62-20-63-42)22(2)40(35)64-24(4)54;1-17-9-21-10-23-24(13-41)44-25-14-51-39(48)40(22-12-27(49-5)26(46)11-20(22)7-8-42-40)15-55-38(32(44)31(43(23)4)28(21)33(47)34(17)50-6)30-29(25)37-36(52-16-53-37)18(2)35(30)54-19(3)45;1-5(6(10)11)9-7(12)13-8(2,3)4/h13,15-16,23,28-30,36-37,43,50,55H,11-12,14,18-20H2,1-10H3,(H,51,58);9,11-12,23-25,31-32,38,42,46-47H,7-8,10,14-16H2,1-6H3;5H,1-4H3,(H,9,12)(H,10,11)/t23-,28-,29-,30-,36+,37?,43+,48+;23-,24-,25-,31+,32?,38+,40+;5-/m000/s1. The largest absolute Gasteiger partial charge is 0.504 e. The van der Waals surface area contributed by atoms with Crippen LogP contribution in [-0.2, 0) is 84.5 Å². The normalized spacial score (nSPS) is 26.1. The first kappa shape index (κ1) is 96.1. The van der Waals surface area contributed by atoms with E-state index in [1.165, 1.54) is 79.7 Å². The van der Waals surface area contributed by atoms with Crippen molar-refractivity contribution in [3.05, 3.63) is 125 Å². The minimum atomic E-state index is -1.50. The van der Waals surface area contributed by atoms with Gasteiger partial charge >= 0.3 is 48.0 Å². The maximum atomic E-state index is 15.1. The molecule has 8 bridgehead atoms. The number of piperazine rings is 2. The molecule has 6 aromatic carbocycles. The Balaban J connectivity index is 0.000000175. The molecule has 16 atom stereocenters. The molecule has 4 fully saturated rings. The van der Waals surface area contributed by atoms with E-state index in [2.05, 4.69) is 53.0 Å². The van der Waals surface area contributed by atoms with Crippen molar-refractivity contribution < 1.29 is 130 Å². The summed E-state index contributed by atoms with van der Waals surface area (Å²) in [5.41, 5.74) is 6.86. The molecule has 2 spiro atoms. The Kier molecular flexibility index (Phi) is 26.0. The summed E-state index contributed by atoms with van der Waals surface area (Å²) < 4.78 is 88.7. The molecule has 0 aliphatic carbocycles. The van der Waals surface area contributed by atoms with Crippen molar-refractivity contribution in [2.75, 3.05) is 93.9 Å². The number of nitriles is 2. The molecule has 20 rings (SSSR count). The Morgan fingerprint density at radius 3 is 1.33 bits per heavy atom. The van der Waals surface area contributed by atoms with E-state index in [1.54, 1.807) is 65.8 Å². The molecule has 14 heterocycles. The van der Waals surface area contributed by atoms with E-state index >= 15 is 4.79 Å². The number of aromatic hydroxyl groups is 3. The van der Waals surface area contributed by atoms with Gasteiger partial charge in [-0.05, 0) is 192 Å². The molecule has 135 heavy (non-hydrogen) atoms. The SMILES string of the molecule is COc1cc2c(cc1O)CCN[C@]21CS[C@@H]2c3c(OC(C)=O)c(C)c4c(c3[C@H](COC1=O)N1C2[C@H]2c3c(cc(C)c(OC)c3O)C[C@@H]([C@@H]1C#N)N2C)OCO4.COc1cc2c(cc1OC(=O)[C@H](C)NC(=O)OC(C)(C)C)CCN[C@]21CS[C@@H]2c3c(OC(C)=O)c(C)c4c(c3[C@H](COC1=O)N1C2[C@H]2c3c(cc(C)c(OC)c3O)C[C@@H]([C@@H]1C#N)N2C)OCO4.C[C@H](NC(=O)OC(C)(C)C)C(=O)O. The summed E-state index contributed by atoms with van der Waals surface area (Å²) in [6.45, 7) is 23.4. The number of aliphatic carboxylic acids is 1. The van der Waals surface area contributed by atoms with Crippen LogP contribution in [0.2, 0.25) is 0 Å². The van der Waals surface area contributed by atoms with E-state index in [-0.39, 0.29) is 90.6 Å². The maximum Gasteiger partial charge on any atom is 0.408 e. The molecule has 2 amide bonds. The number of methoxy groups -OCH3 is 4. The molecule has 14 aliphatic rings. The van der Waals surface area contributed by atoms with Crippen molar-refractivity contribution in [3.63, 3.8) is 0 Å². The number of fused-ring (bicyclic) bond motifs is 18. The van der Waals surface area contributed by atoms with Crippen LogP contribution >= 0.6 is 23.5 Å². The molecule has 0 saturated carbocycles. The number of phenolic OH excluding ortho intramolecular Hbond substituents is 3. The number of nitrogens with one attached hydrogen (secondary N) is 4. The summed E-state index contributed by atoms with van der Waals surface area (Å²) in [5, 5.41) is 76.3. The third-order valence-electron chi connectivity index (χ3n) is 27.3. The number of hydrogen-bond acceptors (Lipinski definition) is 36. The fraction of sp³-hybridized carbons (Fsp3) is 0.521. The second-order valence-corrected chi connectivity index (χ2v) is 39.9. The molecule has 720 valence electrons. The highest BCUT2D eigenvalue weighted by molar-refractivity contribution is 7.99. The van der Waals surface area contributed by atoms with Crippen LogP contribution in [0.1, 0.15) is 193 Å². The van der Waals surface area contributed by atoms with Gasteiger partial charge in [0.2, 0.25) is 13.6 Å². The minimum absolute atomic E-state index is 0.00723. The number of ether oxygens (including phenoxy) is 15. The van der Waals surface area contributed by atoms with Crippen LogP contribution < -0.4 is 73.4 Å². The van der Waals surface area contributed by atoms with Crippen LogP contribution in [0, 0.1) is 50.4 Å². The van der Waals surface area contributed by atoms with E-state index in [0.29, 0.717) is 140 Å². The van der Waals surface area contributed by atoms with Gasteiger partial charge in [-0.25, -0.2) is 24.0 Å². The van der Waals surface area contributed by atoms with Crippen molar-refractivity contribution in [2.24, 2.45) is 0 Å². The van der Waals surface area contributed by atoms with E-state index in [4.69, 9.17) is 76.2 Å². The first-order valence-electron chi connectivity index (χ1n) is 44.5. The summed E-state index contributed by atoms with van der Waals surface area (Å²) in [5.74, 6) is -0.259. The van der Waals surface area contributed by atoms with Gasteiger partial charge in [0.15, 0.2) is 80.1 Å². The van der Waals surface area contributed by atoms with Gasteiger partial charge in [-0.1, -0.05) is 12.1 Å². The predicted molar refractivity (Wildman–Crippen MR) is 485 cm³/mol. The van der Waals surface area contributed by atoms with Crippen LogP contribution in [0.4, 0.5) is 9.59 Å². The average molecular weight is 1900 g/mol. The number of rotatable bonds is 11. The summed E-state index contributed by atoms with van der Waals surface area (Å²) in [7, 11) is 9.89. The Hall–Kier alpha value is -12.1. The number of alkyl carbamates (subject to hydrolysis) is 2. The zero-order valence-corrected chi connectivity index (χ0v) is 80.3. The van der Waals surface area contributed by atoms with Crippen LogP contribution in [-0.4, -0.2) is 241 Å². The molecule has 8 N–H and O–H groups in total. The number of carboxylic acids is 1. The third-order valence-corrected chi connectivity index (χ3v) is 30.2. The third kappa shape index (κ3) is 16.5. The number of phenols is 3. The molecular formula is C96H112N10O27S2. The van der Waals surface area contributed by atoms with Crippen LogP contribution in [0.5, 0.6) is 80.5 Å². The number of carbonyl (C=O) groups excluding carboxylic acids is 7. The van der Waals surface area contributed by atoms with Crippen molar-refractivity contribution in [1.82, 2.24) is 40.9 Å². The zero-order chi connectivity index (χ0) is 97.3. The topological polar surface area (TPSA) is 465 Å². The molecule has 0 aromatic heterocycles. The summed E-state index contributed by atoms with van der Waals surface area (Å²) >= 11 is 2.91. The van der Waals surface area contributed by atoms with Gasteiger partial charge in [0.25, 0.3) is 0 Å². The second kappa shape index (κ2) is 36.5. The second-order valence-electron chi connectivity index (χ2n) is 37.7. The fourth-order valence-corrected chi connectivity index (χ4v) is 25.1. The molecule has 39 heteroatoms. The van der Waals surface area contributed by atoms with Crippen molar-refractivity contribution in [3.8, 4) is 92.6 Å². The highest BCUT2D eigenvalue weighted by Gasteiger charge is 2.65. The van der Waals surface area contributed by atoms with E-state index in [0.717, 1.165) is 27.8 Å². The lowest BCUT2D eigenvalue weighted by molar-refractivity contribution is -0.158. The monoisotopic (exact) mass is 1900 g/mol. The zero-order valence-electron chi connectivity index (χ0n) is 78.7. The molecule has 14 aliphatic heterocycles. The number of carboxylic acid groups (broad SMARTS) is 1. The van der Waals surface area contributed by atoms with Crippen molar-refractivity contribution >= 4 is 71.5 Å². The lowest BCUT2D eigenvalue weighted by Crippen LogP contribution is -2.69. The minimum Gasteiger partial charge on any atom is -0.504 e. The van der Waals surface area contributed by atoms with Crippen molar-refractivity contribution in [1.29, 1.82) is 10.5 Å². The number of nitrogens with zero attached hydrogens (tertiary/aromatic N) is 6. The van der Waals surface area contributed by atoms with E-state index < -0.39 is 141 Å². The van der Waals surface area contributed by atoms with Gasteiger partial charge in [-0.3, -0.25) is 44.6 Å². The molecule has 0 radical (unpaired) electrons. The number of esters is 5. The van der Waals surface area contributed by atoms with Gasteiger partial charge in [0, 0.05) is 107 Å². The number of hydrogen-bond donors (Lipinski definition) is 8. The molecular weight excluding hydrogens is 1790 g/mol. The fourth-order valence-electron chi connectivity index (χ4n) is 21.7. The average Bonchev–Trinajstić information content (AvgIpc) is 1.28. The van der Waals surface area contributed by atoms with E-state index in [9.17, 15) is 59.4 Å². The lowest BCUT2D eigenvalue weighted by Gasteiger charge is -2.62. The lowest BCUT2D eigenvalue weighted by atomic mass is 9.71. The summed E-state index contributed by atoms with van der Waals surface area (Å²) in [4.78, 5) is 112. The number of benzene rings is 6. The number of carbonyl (C=O) groups is 8. The highest BCUT2D eigenvalue weighted by atomic mass is 32.2. The number of aryl methyl sites for hydroxylation is 2. The van der Waals surface area contributed by atoms with Gasteiger partial charge < -0.3 is 102 Å². The Bertz CT molecular complexity index is 5990. The molecule has 6 aromatic rings. The Labute approximate surface area is 788 Å². The number of amides is 2. The first-order valence-corrected chi connectivity index (χ1v) is 46.6. The highest BCUT2D eigenvalue weighted by Crippen LogP contribution is 2.68. The van der Waals surface area contributed by atoms with Gasteiger partial charge in [-0.15, -0.1) is 23.5 Å². The quantitative estimate of drug-likeness (QED) is 0.0339. The summed E-state index contributed by atoms with van der Waals surface area (Å²) in [6, 6.07) is 8.20. The predicted octanol–water partition coefficient (Wildman–Crippen LogP) is 10.1. The maximum absolute atomic E-state index is 15.1. The van der Waals surface area contributed by atoms with Crippen molar-refractivity contribution in [2.45, 2.75) is 228 Å².